The molecule has 2 unspecified atom stereocenters. The molecule has 0 fully saturated rings. The standard InChI is InChI=1S/C25H26FN5O5S2/c1-34-19-8-6-9-20(35-2)23(19)31-24(17-7-5-10-22(27-17)36-3)28-29-25(31)30-37-14-18(32)16-12-11-15(26)13-21(16)38(4)33/h5-13,18,32H,14H2,1-4H3,(H,29,30). The highest BCUT2D eigenvalue weighted by molar-refractivity contribution is 8.00. The minimum absolute atomic E-state index is 0.137. The Balaban J connectivity index is 1.70. The van der Waals surface area contributed by atoms with Gasteiger partial charge in [-0.1, -0.05) is 18.2 Å². The molecule has 200 valence electrons. The van der Waals surface area contributed by atoms with Crippen molar-refractivity contribution < 1.29 is 27.9 Å². The minimum Gasteiger partial charge on any atom is -0.494 e. The number of rotatable bonds is 11. The number of anilines is 1. The summed E-state index contributed by atoms with van der Waals surface area (Å²) >= 11 is 1.14. The fourth-order valence-electron chi connectivity index (χ4n) is 3.74. The molecule has 0 spiro atoms. The average Bonchev–Trinajstić information content (AvgIpc) is 3.35. The first-order chi connectivity index (χ1) is 18.4. The fraction of sp³-hybridized carbons (Fsp3) is 0.240. The number of halogens is 1. The summed E-state index contributed by atoms with van der Waals surface area (Å²) < 4.78 is 47.1. The third-order valence-electron chi connectivity index (χ3n) is 5.50. The Labute approximate surface area is 225 Å². The number of aromatic nitrogens is 4. The number of hydrogen-bond acceptors (Lipinski definition) is 10. The molecule has 38 heavy (non-hydrogen) atoms. The van der Waals surface area contributed by atoms with Crippen LogP contribution in [-0.2, 0) is 10.8 Å². The van der Waals surface area contributed by atoms with Gasteiger partial charge in [-0.2, -0.15) is 0 Å². The molecular formula is C25H26FN5O5S2. The molecule has 10 nitrogen and oxygen atoms in total. The van der Waals surface area contributed by atoms with Crippen LogP contribution in [0.1, 0.15) is 11.7 Å². The Kier molecular flexibility index (Phi) is 8.81. The van der Waals surface area contributed by atoms with E-state index in [1.165, 1.54) is 31.6 Å². The lowest BCUT2D eigenvalue weighted by molar-refractivity contribution is 0.201. The molecule has 0 amide bonds. The maximum absolute atomic E-state index is 13.7. The molecule has 0 aliphatic rings. The van der Waals surface area contributed by atoms with Gasteiger partial charge in [0.25, 0.3) is 0 Å². The van der Waals surface area contributed by atoms with E-state index in [1.807, 2.05) is 0 Å². The first-order valence-corrected chi connectivity index (χ1v) is 13.8. The van der Waals surface area contributed by atoms with Gasteiger partial charge in [0, 0.05) is 23.0 Å². The Morgan fingerprint density at radius 3 is 2.42 bits per heavy atom. The van der Waals surface area contributed by atoms with Gasteiger partial charge in [0.2, 0.25) is 11.8 Å². The second-order valence-corrected chi connectivity index (χ2v) is 10.00. The maximum Gasteiger partial charge on any atom is 0.239 e. The molecule has 0 radical (unpaired) electrons. The van der Waals surface area contributed by atoms with Gasteiger partial charge in [0.15, 0.2) is 5.82 Å². The number of aliphatic hydroxyl groups excluding tert-OH is 1. The molecule has 2 aromatic carbocycles. The molecule has 2 aromatic heterocycles. The predicted octanol–water partition coefficient (Wildman–Crippen LogP) is 4.03. The summed E-state index contributed by atoms with van der Waals surface area (Å²) in [5.41, 5.74) is 1.41. The molecule has 13 heteroatoms. The van der Waals surface area contributed by atoms with Crippen LogP contribution in [0.4, 0.5) is 10.3 Å². The Bertz CT molecular complexity index is 1430. The van der Waals surface area contributed by atoms with E-state index in [1.54, 1.807) is 55.2 Å². The van der Waals surface area contributed by atoms with Gasteiger partial charge in [0.05, 0.1) is 38.2 Å². The summed E-state index contributed by atoms with van der Waals surface area (Å²) in [5.74, 6) is 1.72. The van der Waals surface area contributed by atoms with Crippen molar-refractivity contribution >= 4 is 28.7 Å². The van der Waals surface area contributed by atoms with E-state index in [0.717, 1.165) is 11.9 Å². The predicted molar refractivity (Wildman–Crippen MR) is 144 cm³/mol. The highest BCUT2D eigenvalue weighted by Gasteiger charge is 2.24. The first-order valence-electron chi connectivity index (χ1n) is 11.2. The van der Waals surface area contributed by atoms with Crippen LogP contribution >= 0.6 is 11.9 Å². The number of ether oxygens (including phenoxy) is 3. The zero-order chi connectivity index (χ0) is 27.2. The minimum atomic E-state index is -1.47. The van der Waals surface area contributed by atoms with E-state index in [9.17, 15) is 13.7 Å². The van der Waals surface area contributed by atoms with E-state index in [4.69, 9.17) is 14.2 Å². The van der Waals surface area contributed by atoms with Gasteiger partial charge in [-0.25, -0.2) is 9.37 Å². The summed E-state index contributed by atoms with van der Waals surface area (Å²) in [6.07, 6.45) is 0.414. The van der Waals surface area contributed by atoms with Crippen molar-refractivity contribution in [3.05, 3.63) is 66.0 Å². The highest BCUT2D eigenvalue weighted by atomic mass is 32.2. The Morgan fingerprint density at radius 1 is 1.05 bits per heavy atom. The molecule has 0 bridgehead atoms. The van der Waals surface area contributed by atoms with Crippen LogP contribution < -0.4 is 18.9 Å². The first kappa shape index (κ1) is 27.4. The fourth-order valence-corrected chi connectivity index (χ4v) is 5.24. The van der Waals surface area contributed by atoms with Crippen molar-refractivity contribution in [2.24, 2.45) is 0 Å². The zero-order valence-electron chi connectivity index (χ0n) is 21.0. The van der Waals surface area contributed by atoms with Crippen LogP contribution in [0.5, 0.6) is 17.4 Å². The molecule has 4 rings (SSSR count). The number of methoxy groups -OCH3 is 3. The molecular weight excluding hydrogens is 533 g/mol. The molecule has 0 aliphatic carbocycles. The average molecular weight is 560 g/mol. The van der Waals surface area contributed by atoms with Crippen molar-refractivity contribution in [3.63, 3.8) is 0 Å². The van der Waals surface area contributed by atoms with Crippen LogP contribution in [0.25, 0.3) is 17.2 Å². The summed E-state index contributed by atoms with van der Waals surface area (Å²) in [4.78, 5) is 4.73. The number of para-hydroxylation sites is 1. The van der Waals surface area contributed by atoms with Crippen molar-refractivity contribution in [2.75, 3.05) is 38.1 Å². The van der Waals surface area contributed by atoms with Gasteiger partial charge >= 0.3 is 0 Å². The maximum atomic E-state index is 13.7. The van der Waals surface area contributed by atoms with Crippen molar-refractivity contribution in [3.8, 4) is 34.6 Å². The SMILES string of the molecule is COc1cccc(-c2nnc(NSCC(O)c3ccc(F)cc3S(C)=O)n2-c2c(OC)cccc2OC)n1. The second-order valence-electron chi connectivity index (χ2n) is 7.82. The van der Waals surface area contributed by atoms with Gasteiger partial charge in [0.1, 0.15) is 28.7 Å². The van der Waals surface area contributed by atoms with E-state index in [2.05, 4.69) is 19.9 Å². The van der Waals surface area contributed by atoms with Crippen molar-refractivity contribution in [1.29, 1.82) is 0 Å². The van der Waals surface area contributed by atoms with Gasteiger partial charge in [-0.05, 0) is 47.8 Å². The Hall–Kier alpha value is -3.68. The van der Waals surface area contributed by atoms with Crippen molar-refractivity contribution in [2.45, 2.75) is 11.0 Å². The quantitative estimate of drug-likeness (QED) is 0.261. The van der Waals surface area contributed by atoms with Crippen molar-refractivity contribution in [1.82, 2.24) is 19.7 Å². The number of aliphatic hydroxyl groups is 1. The number of hydrogen-bond donors (Lipinski definition) is 2. The van der Waals surface area contributed by atoms with Crippen LogP contribution in [-0.4, -0.2) is 62.4 Å². The zero-order valence-corrected chi connectivity index (χ0v) is 22.7. The van der Waals surface area contributed by atoms with E-state index in [-0.39, 0.29) is 10.6 Å². The molecule has 2 atom stereocenters. The summed E-state index contributed by atoms with van der Waals surface area (Å²) in [6, 6.07) is 14.5. The van der Waals surface area contributed by atoms with Crippen LogP contribution in [0.15, 0.2) is 59.5 Å². The van der Waals surface area contributed by atoms with Gasteiger partial charge < -0.3 is 19.3 Å². The Morgan fingerprint density at radius 2 is 1.76 bits per heavy atom. The number of nitrogens with one attached hydrogen (secondary N) is 1. The monoisotopic (exact) mass is 559 g/mol. The number of nitrogens with zero attached hydrogens (tertiary/aromatic N) is 4. The smallest absolute Gasteiger partial charge is 0.239 e. The summed E-state index contributed by atoms with van der Waals surface area (Å²) in [6.45, 7) is 0. The second kappa shape index (κ2) is 12.2. The normalized spacial score (nSPS) is 12.6. The van der Waals surface area contributed by atoms with E-state index in [0.29, 0.717) is 46.1 Å². The van der Waals surface area contributed by atoms with Crippen LogP contribution in [0, 0.1) is 5.82 Å². The number of benzene rings is 2. The van der Waals surface area contributed by atoms with E-state index >= 15 is 0 Å². The third-order valence-corrected chi connectivity index (χ3v) is 7.28. The lowest BCUT2D eigenvalue weighted by atomic mass is 10.1. The lowest BCUT2D eigenvalue weighted by Gasteiger charge is -2.18. The van der Waals surface area contributed by atoms with Crippen LogP contribution in [0.2, 0.25) is 0 Å². The molecule has 2 N–H and O–H groups in total. The van der Waals surface area contributed by atoms with Gasteiger partial charge in [-0.3, -0.25) is 13.5 Å². The number of pyridine rings is 1. The van der Waals surface area contributed by atoms with E-state index < -0.39 is 22.7 Å². The third kappa shape index (κ3) is 5.74. The van der Waals surface area contributed by atoms with Gasteiger partial charge in [-0.15, -0.1) is 10.2 Å². The molecule has 0 saturated heterocycles. The summed E-state index contributed by atoms with van der Waals surface area (Å²) in [7, 11) is 3.14. The summed E-state index contributed by atoms with van der Waals surface area (Å²) in [5, 5.41) is 19.5. The molecule has 2 heterocycles. The molecule has 0 saturated carbocycles. The lowest BCUT2D eigenvalue weighted by Crippen LogP contribution is -2.10. The molecule has 4 aromatic rings. The highest BCUT2D eigenvalue weighted by Crippen LogP contribution is 2.38. The van der Waals surface area contributed by atoms with Crippen LogP contribution in [0.3, 0.4) is 0 Å². The molecule has 0 aliphatic heterocycles. The topological polar surface area (TPSA) is 121 Å². The largest absolute Gasteiger partial charge is 0.494 e.